The molecule has 0 amide bonds. The topological polar surface area (TPSA) is 43.8 Å². The van der Waals surface area contributed by atoms with E-state index < -0.39 is 0 Å². The minimum Gasteiger partial charge on any atom is -0.322 e. The lowest BCUT2D eigenvalue weighted by Crippen LogP contribution is -2.20. The van der Waals surface area contributed by atoms with Crippen molar-refractivity contribution < 1.29 is 0 Å². The van der Waals surface area contributed by atoms with Crippen molar-refractivity contribution in [1.82, 2.24) is 9.78 Å². The van der Waals surface area contributed by atoms with Crippen molar-refractivity contribution in [1.29, 1.82) is 0 Å². The Labute approximate surface area is 137 Å². The molecular weight excluding hydrogens is 358 g/mol. The summed E-state index contributed by atoms with van der Waals surface area (Å²) in [4.78, 5) is 1.19. The van der Waals surface area contributed by atoms with E-state index in [9.17, 15) is 0 Å². The van der Waals surface area contributed by atoms with Crippen molar-refractivity contribution in [2.24, 2.45) is 5.73 Å². The van der Waals surface area contributed by atoms with E-state index in [4.69, 9.17) is 17.3 Å². The average Bonchev–Trinajstić information content (AvgIpc) is 2.80. The molecule has 0 spiro atoms. The van der Waals surface area contributed by atoms with Gasteiger partial charge in [-0.05, 0) is 38.1 Å². The summed E-state index contributed by atoms with van der Waals surface area (Å²) in [6, 6.07) is 8.31. The molecule has 108 valence electrons. The van der Waals surface area contributed by atoms with Crippen LogP contribution in [0.5, 0.6) is 0 Å². The fourth-order valence-electron chi connectivity index (χ4n) is 1.90. The third-order valence-corrected chi connectivity index (χ3v) is 4.82. The summed E-state index contributed by atoms with van der Waals surface area (Å²) in [6.45, 7) is 4.14. The largest absolute Gasteiger partial charge is 0.322 e. The maximum Gasteiger partial charge on any atom is 0.0834 e. The molecule has 0 saturated heterocycles. The molecule has 0 aliphatic carbocycles. The van der Waals surface area contributed by atoms with Gasteiger partial charge in [0.05, 0.1) is 23.0 Å². The molecule has 0 radical (unpaired) electrons. The van der Waals surface area contributed by atoms with Gasteiger partial charge in [-0.2, -0.15) is 5.10 Å². The molecule has 6 heteroatoms. The third kappa shape index (κ3) is 3.79. The minimum absolute atomic E-state index is 0.138. The molecular formula is C14H17BrClN3S. The Hall–Kier alpha value is -0.490. The second-order valence-corrected chi connectivity index (χ2v) is 7.20. The van der Waals surface area contributed by atoms with E-state index in [2.05, 4.69) is 47.0 Å². The van der Waals surface area contributed by atoms with Gasteiger partial charge in [0.15, 0.2) is 0 Å². The van der Waals surface area contributed by atoms with Crippen molar-refractivity contribution in [2.45, 2.75) is 30.8 Å². The average molecular weight is 375 g/mol. The van der Waals surface area contributed by atoms with Gasteiger partial charge in [-0.1, -0.05) is 27.5 Å². The van der Waals surface area contributed by atoms with E-state index in [-0.39, 0.29) is 12.1 Å². The van der Waals surface area contributed by atoms with Gasteiger partial charge in [-0.3, -0.25) is 4.68 Å². The Kier molecular flexibility index (Phi) is 5.55. The molecule has 1 unspecified atom stereocenters. The summed E-state index contributed by atoms with van der Waals surface area (Å²) in [5.74, 6) is 0.764. The number of thioether (sulfide) groups is 1. The molecule has 0 aliphatic heterocycles. The first-order valence-corrected chi connectivity index (χ1v) is 8.51. The number of hydrogen-bond acceptors (Lipinski definition) is 3. The van der Waals surface area contributed by atoms with Gasteiger partial charge in [-0.15, -0.1) is 11.8 Å². The van der Waals surface area contributed by atoms with Crippen LogP contribution in [0.3, 0.4) is 0 Å². The molecule has 2 aromatic rings. The normalized spacial score (nSPS) is 12.9. The third-order valence-electron chi connectivity index (χ3n) is 2.87. The summed E-state index contributed by atoms with van der Waals surface area (Å²) in [5.41, 5.74) is 7.19. The lowest BCUT2D eigenvalue weighted by molar-refractivity contribution is 0.495. The van der Waals surface area contributed by atoms with E-state index in [1.165, 1.54) is 4.90 Å². The Bertz CT molecular complexity index is 568. The van der Waals surface area contributed by atoms with Gasteiger partial charge in [0.1, 0.15) is 0 Å². The minimum atomic E-state index is -0.138. The van der Waals surface area contributed by atoms with Crippen LogP contribution in [0.25, 0.3) is 0 Å². The number of nitrogens with zero attached hydrogens (tertiary/aromatic N) is 2. The van der Waals surface area contributed by atoms with Gasteiger partial charge in [-0.25, -0.2) is 0 Å². The molecule has 0 aliphatic rings. The first-order valence-electron chi connectivity index (χ1n) is 6.36. The van der Waals surface area contributed by atoms with Crippen LogP contribution in [0, 0.1) is 0 Å². The van der Waals surface area contributed by atoms with Gasteiger partial charge >= 0.3 is 0 Å². The number of nitrogens with two attached hydrogens (primary N) is 1. The van der Waals surface area contributed by atoms with Crippen molar-refractivity contribution in [3.63, 3.8) is 0 Å². The molecule has 0 bridgehead atoms. The molecule has 1 aromatic heterocycles. The number of rotatable bonds is 5. The van der Waals surface area contributed by atoms with E-state index in [0.29, 0.717) is 5.02 Å². The van der Waals surface area contributed by atoms with Crippen molar-refractivity contribution in [3.05, 3.63) is 45.7 Å². The molecule has 1 aromatic carbocycles. The highest BCUT2D eigenvalue weighted by atomic mass is 79.9. The van der Waals surface area contributed by atoms with E-state index >= 15 is 0 Å². The van der Waals surface area contributed by atoms with Crippen LogP contribution in [0.2, 0.25) is 5.02 Å². The maximum absolute atomic E-state index is 6.28. The van der Waals surface area contributed by atoms with Crippen LogP contribution >= 0.6 is 39.3 Å². The predicted molar refractivity (Wildman–Crippen MR) is 89.4 cm³/mol. The summed E-state index contributed by atoms with van der Waals surface area (Å²) < 4.78 is 2.97. The first-order chi connectivity index (χ1) is 9.49. The maximum atomic E-state index is 6.28. The lowest BCUT2D eigenvalue weighted by atomic mass is 10.2. The van der Waals surface area contributed by atoms with Crippen LogP contribution in [0.1, 0.15) is 31.6 Å². The van der Waals surface area contributed by atoms with E-state index in [0.717, 1.165) is 15.9 Å². The standard InChI is InChI=1S/C14H17BrClN3S/c1-9(2)19-14(12(16)7-18-19)13(17)8-20-11-5-3-10(15)4-6-11/h3-7,9,13H,8,17H2,1-2H3. The number of halogens is 2. The fraction of sp³-hybridized carbons (Fsp3) is 0.357. The quantitative estimate of drug-likeness (QED) is 0.773. The fourth-order valence-corrected chi connectivity index (χ4v) is 3.30. The van der Waals surface area contributed by atoms with Crippen molar-refractivity contribution >= 4 is 39.3 Å². The van der Waals surface area contributed by atoms with Crippen LogP contribution in [0.15, 0.2) is 39.8 Å². The number of aromatic nitrogens is 2. The summed E-state index contributed by atoms with van der Waals surface area (Å²) >= 11 is 11.4. The van der Waals surface area contributed by atoms with Gasteiger partial charge in [0.25, 0.3) is 0 Å². The summed E-state index contributed by atoms with van der Waals surface area (Å²) in [5, 5.41) is 4.93. The van der Waals surface area contributed by atoms with Crippen LogP contribution in [-0.4, -0.2) is 15.5 Å². The van der Waals surface area contributed by atoms with E-state index in [1.807, 2.05) is 16.8 Å². The molecule has 0 saturated carbocycles. The second kappa shape index (κ2) is 6.98. The zero-order valence-electron chi connectivity index (χ0n) is 11.4. The SMILES string of the molecule is CC(C)n1ncc(Cl)c1C(N)CSc1ccc(Br)cc1. The smallest absolute Gasteiger partial charge is 0.0834 e. The highest BCUT2D eigenvalue weighted by Gasteiger charge is 2.18. The van der Waals surface area contributed by atoms with Gasteiger partial charge in [0, 0.05) is 21.2 Å². The number of hydrogen-bond donors (Lipinski definition) is 1. The molecule has 2 rings (SSSR count). The van der Waals surface area contributed by atoms with Crippen LogP contribution in [0.4, 0.5) is 0 Å². The second-order valence-electron chi connectivity index (χ2n) is 4.79. The predicted octanol–water partition coefficient (Wildman–Crippen LogP) is 4.67. The zero-order valence-corrected chi connectivity index (χ0v) is 14.5. The first kappa shape index (κ1) is 15.9. The highest BCUT2D eigenvalue weighted by molar-refractivity contribution is 9.10. The van der Waals surface area contributed by atoms with E-state index in [1.54, 1.807) is 18.0 Å². The molecule has 2 N–H and O–H groups in total. The van der Waals surface area contributed by atoms with Crippen LogP contribution < -0.4 is 5.73 Å². The molecule has 3 nitrogen and oxygen atoms in total. The van der Waals surface area contributed by atoms with Gasteiger partial charge in [0.2, 0.25) is 0 Å². The molecule has 1 atom stereocenters. The number of benzene rings is 1. The molecule has 1 heterocycles. The van der Waals surface area contributed by atoms with Crippen molar-refractivity contribution in [3.8, 4) is 0 Å². The zero-order chi connectivity index (χ0) is 14.7. The summed E-state index contributed by atoms with van der Waals surface area (Å²) in [6.07, 6.45) is 1.67. The van der Waals surface area contributed by atoms with Crippen LogP contribution in [-0.2, 0) is 0 Å². The summed E-state index contributed by atoms with van der Waals surface area (Å²) in [7, 11) is 0. The Morgan fingerprint density at radius 1 is 1.35 bits per heavy atom. The Balaban J connectivity index is 2.07. The Morgan fingerprint density at radius 2 is 2.00 bits per heavy atom. The Morgan fingerprint density at radius 3 is 2.60 bits per heavy atom. The monoisotopic (exact) mass is 373 g/mol. The van der Waals surface area contributed by atoms with Crippen molar-refractivity contribution in [2.75, 3.05) is 5.75 Å². The highest BCUT2D eigenvalue weighted by Crippen LogP contribution is 2.29. The molecule has 20 heavy (non-hydrogen) atoms. The molecule has 0 fully saturated rings. The lowest BCUT2D eigenvalue weighted by Gasteiger charge is -2.17. The van der Waals surface area contributed by atoms with Gasteiger partial charge < -0.3 is 5.73 Å².